The number of carbonyl (C=O) groups excluding carboxylic acids is 1. The largest absolute Gasteiger partial charge is 0.368 e. The number of piperazine rings is 1. The second-order valence-corrected chi connectivity index (χ2v) is 6.47. The summed E-state index contributed by atoms with van der Waals surface area (Å²) in [6, 6.07) is 10.3. The number of anilines is 2. The fourth-order valence-corrected chi connectivity index (χ4v) is 3.10. The van der Waals surface area contributed by atoms with Gasteiger partial charge >= 0.3 is 0 Å². The van der Waals surface area contributed by atoms with Gasteiger partial charge in [-0.3, -0.25) is 4.79 Å². The normalized spacial score (nSPS) is 14.2. The zero-order valence-corrected chi connectivity index (χ0v) is 15.4. The van der Waals surface area contributed by atoms with Gasteiger partial charge in [-0.2, -0.15) is 0 Å². The van der Waals surface area contributed by atoms with Gasteiger partial charge in [-0.25, -0.2) is 9.97 Å². The van der Waals surface area contributed by atoms with Crippen molar-refractivity contribution in [2.75, 3.05) is 42.5 Å². The summed E-state index contributed by atoms with van der Waals surface area (Å²) in [5.41, 5.74) is 2.93. The highest BCUT2D eigenvalue weighted by Gasteiger charge is 2.20. The lowest BCUT2D eigenvalue weighted by molar-refractivity contribution is 0.0952. The molecule has 26 heavy (non-hydrogen) atoms. The predicted molar refractivity (Wildman–Crippen MR) is 105 cm³/mol. The summed E-state index contributed by atoms with van der Waals surface area (Å²) in [6.45, 7) is 11.5. The van der Waals surface area contributed by atoms with Gasteiger partial charge in [0.05, 0.1) is 0 Å². The van der Waals surface area contributed by atoms with E-state index in [9.17, 15) is 4.79 Å². The van der Waals surface area contributed by atoms with Crippen LogP contribution >= 0.6 is 0 Å². The lowest BCUT2D eigenvalue weighted by atomic mass is 10.2. The van der Waals surface area contributed by atoms with E-state index < -0.39 is 0 Å². The van der Waals surface area contributed by atoms with Crippen LogP contribution in [0.15, 0.2) is 43.0 Å². The average Bonchev–Trinajstić information content (AvgIpc) is 2.65. The molecule has 1 aliphatic heterocycles. The van der Waals surface area contributed by atoms with E-state index in [2.05, 4.69) is 62.9 Å². The van der Waals surface area contributed by atoms with Gasteiger partial charge in [0, 0.05) is 44.5 Å². The van der Waals surface area contributed by atoms with Crippen molar-refractivity contribution in [1.82, 2.24) is 15.3 Å². The third-order valence-corrected chi connectivity index (χ3v) is 4.43. The van der Waals surface area contributed by atoms with Crippen molar-refractivity contribution in [1.29, 1.82) is 0 Å². The molecule has 2 aromatic rings. The number of hydrogen-bond donors (Lipinski definition) is 1. The molecule has 1 fully saturated rings. The van der Waals surface area contributed by atoms with Crippen molar-refractivity contribution in [3.05, 3.63) is 60.1 Å². The van der Waals surface area contributed by atoms with Crippen molar-refractivity contribution in [3.63, 3.8) is 0 Å². The molecular formula is C20H25N5O. The Balaban J connectivity index is 1.70. The molecule has 1 aromatic carbocycles. The minimum absolute atomic E-state index is 0.199. The first-order valence-corrected chi connectivity index (χ1v) is 8.88. The quantitative estimate of drug-likeness (QED) is 0.838. The van der Waals surface area contributed by atoms with Gasteiger partial charge in [-0.15, -0.1) is 6.58 Å². The number of carbonyl (C=O) groups is 1. The summed E-state index contributed by atoms with van der Waals surface area (Å²) in [5.74, 6) is 1.22. The molecule has 1 aliphatic rings. The van der Waals surface area contributed by atoms with E-state index in [1.807, 2.05) is 6.92 Å². The van der Waals surface area contributed by atoms with Crippen molar-refractivity contribution in [3.8, 4) is 0 Å². The lowest BCUT2D eigenvalue weighted by Gasteiger charge is -2.37. The molecule has 0 radical (unpaired) electrons. The molecule has 2 heterocycles. The highest BCUT2D eigenvalue weighted by Crippen LogP contribution is 2.20. The Morgan fingerprint density at radius 1 is 1.15 bits per heavy atom. The molecule has 6 heteroatoms. The van der Waals surface area contributed by atoms with Crippen LogP contribution in [-0.2, 0) is 0 Å². The fraction of sp³-hybridized carbons (Fsp3) is 0.350. The first kappa shape index (κ1) is 17.9. The molecule has 0 saturated carbocycles. The molecule has 0 unspecified atom stereocenters. The van der Waals surface area contributed by atoms with Crippen LogP contribution < -0.4 is 15.1 Å². The Morgan fingerprint density at radius 2 is 1.88 bits per heavy atom. The van der Waals surface area contributed by atoms with Crippen LogP contribution in [0.25, 0.3) is 0 Å². The van der Waals surface area contributed by atoms with Crippen molar-refractivity contribution in [2.24, 2.45) is 0 Å². The van der Waals surface area contributed by atoms with Gasteiger partial charge in [0.15, 0.2) is 0 Å². The SMILES string of the molecule is C=CCNC(=O)c1cc(N2CCN(c3cccc(C)c3)CC2)nc(C)n1. The Morgan fingerprint density at radius 3 is 2.58 bits per heavy atom. The Kier molecular flexibility index (Phi) is 5.51. The van der Waals surface area contributed by atoms with Crippen molar-refractivity contribution >= 4 is 17.4 Å². The number of rotatable bonds is 5. The number of nitrogens with zero attached hydrogens (tertiary/aromatic N) is 4. The van der Waals surface area contributed by atoms with E-state index in [0.717, 1.165) is 32.0 Å². The van der Waals surface area contributed by atoms with Gasteiger partial charge in [-0.05, 0) is 31.5 Å². The highest BCUT2D eigenvalue weighted by molar-refractivity contribution is 5.93. The van der Waals surface area contributed by atoms with E-state index in [4.69, 9.17) is 0 Å². The summed E-state index contributed by atoms with van der Waals surface area (Å²) in [6.07, 6.45) is 1.65. The van der Waals surface area contributed by atoms with Gasteiger partial charge < -0.3 is 15.1 Å². The molecule has 1 amide bonds. The minimum Gasteiger partial charge on any atom is -0.368 e. The van der Waals surface area contributed by atoms with Crippen molar-refractivity contribution < 1.29 is 4.79 Å². The smallest absolute Gasteiger partial charge is 0.270 e. The number of hydrogen-bond acceptors (Lipinski definition) is 5. The first-order valence-electron chi connectivity index (χ1n) is 8.88. The van der Waals surface area contributed by atoms with Gasteiger partial charge in [0.1, 0.15) is 17.3 Å². The zero-order valence-electron chi connectivity index (χ0n) is 15.4. The molecule has 0 aliphatic carbocycles. The van der Waals surface area contributed by atoms with Gasteiger partial charge in [-0.1, -0.05) is 18.2 Å². The van der Waals surface area contributed by atoms with Crippen LogP contribution in [0, 0.1) is 13.8 Å². The molecule has 1 N–H and O–H groups in total. The molecule has 0 bridgehead atoms. The summed E-state index contributed by atoms with van der Waals surface area (Å²) in [7, 11) is 0. The Hall–Kier alpha value is -2.89. The molecule has 1 saturated heterocycles. The summed E-state index contributed by atoms with van der Waals surface area (Å²) in [5, 5.41) is 2.77. The second kappa shape index (κ2) is 7.99. The van der Waals surface area contributed by atoms with Crippen LogP contribution in [0.5, 0.6) is 0 Å². The van der Waals surface area contributed by atoms with E-state index in [1.165, 1.54) is 11.3 Å². The summed E-state index contributed by atoms with van der Waals surface area (Å²) in [4.78, 5) is 25.6. The molecule has 1 aromatic heterocycles. The van der Waals surface area contributed by atoms with Crippen LogP contribution in [0.1, 0.15) is 21.9 Å². The van der Waals surface area contributed by atoms with Gasteiger partial charge in [0.2, 0.25) is 0 Å². The first-order chi connectivity index (χ1) is 12.6. The number of aryl methyl sites for hydroxylation is 2. The van der Waals surface area contributed by atoms with Gasteiger partial charge in [0.25, 0.3) is 5.91 Å². The summed E-state index contributed by atoms with van der Waals surface area (Å²) < 4.78 is 0. The van der Waals surface area contributed by atoms with Crippen molar-refractivity contribution in [2.45, 2.75) is 13.8 Å². The number of amides is 1. The Bertz CT molecular complexity index is 797. The molecule has 136 valence electrons. The van der Waals surface area contributed by atoms with Crippen LogP contribution in [0.3, 0.4) is 0 Å². The third-order valence-electron chi connectivity index (χ3n) is 4.43. The predicted octanol–water partition coefficient (Wildman–Crippen LogP) is 2.34. The maximum Gasteiger partial charge on any atom is 0.270 e. The van der Waals surface area contributed by atoms with E-state index in [-0.39, 0.29) is 5.91 Å². The second-order valence-electron chi connectivity index (χ2n) is 6.47. The fourth-order valence-electron chi connectivity index (χ4n) is 3.10. The van der Waals surface area contributed by atoms with Crippen LogP contribution in [-0.4, -0.2) is 48.6 Å². The highest BCUT2D eigenvalue weighted by atomic mass is 16.1. The summed E-state index contributed by atoms with van der Waals surface area (Å²) >= 11 is 0. The van der Waals surface area contributed by atoms with E-state index >= 15 is 0 Å². The molecule has 0 spiro atoms. The molecule has 0 atom stereocenters. The number of aromatic nitrogens is 2. The zero-order chi connectivity index (χ0) is 18.5. The van der Waals surface area contributed by atoms with E-state index in [0.29, 0.717) is 18.1 Å². The average molecular weight is 351 g/mol. The van der Waals surface area contributed by atoms with Crippen LogP contribution in [0.2, 0.25) is 0 Å². The molecule has 6 nitrogen and oxygen atoms in total. The maximum absolute atomic E-state index is 12.2. The Labute approximate surface area is 154 Å². The van der Waals surface area contributed by atoms with Crippen LogP contribution in [0.4, 0.5) is 11.5 Å². The monoisotopic (exact) mass is 351 g/mol. The lowest BCUT2D eigenvalue weighted by Crippen LogP contribution is -2.47. The van der Waals surface area contributed by atoms with E-state index in [1.54, 1.807) is 12.1 Å². The standard InChI is InChI=1S/C20H25N5O/c1-4-8-21-20(26)18-14-19(23-16(3)22-18)25-11-9-24(10-12-25)17-7-5-6-15(2)13-17/h4-7,13-14H,1,8-12H2,2-3H3,(H,21,26). The molecule has 3 rings (SSSR count). The third kappa shape index (κ3) is 4.20. The minimum atomic E-state index is -0.199. The topological polar surface area (TPSA) is 61.4 Å². The maximum atomic E-state index is 12.2. The number of benzene rings is 1. The number of nitrogens with one attached hydrogen (secondary N) is 1. The molecular weight excluding hydrogens is 326 g/mol.